The van der Waals surface area contributed by atoms with Crippen LogP contribution in [-0.4, -0.2) is 19.7 Å². The van der Waals surface area contributed by atoms with Crippen molar-refractivity contribution in [2.45, 2.75) is 6.54 Å². The van der Waals surface area contributed by atoms with Crippen molar-refractivity contribution < 1.29 is 0 Å². The van der Waals surface area contributed by atoms with E-state index in [1.165, 1.54) is 5.56 Å². The van der Waals surface area contributed by atoms with Gasteiger partial charge in [0.2, 0.25) is 0 Å². The predicted octanol–water partition coefficient (Wildman–Crippen LogP) is 4.07. The van der Waals surface area contributed by atoms with Gasteiger partial charge in [0.15, 0.2) is 5.65 Å². The third-order valence-corrected chi connectivity index (χ3v) is 3.90. The maximum atomic E-state index is 4.41. The largest absolute Gasteiger partial charge is 0.365 e. The van der Waals surface area contributed by atoms with Crippen molar-refractivity contribution >= 4 is 29.1 Å². The topological polar surface area (TPSA) is 55.6 Å². The van der Waals surface area contributed by atoms with Gasteiger partial charge in [0.05, 0.1) is 11.6 Å². The van der Waals surface area contributed by atoms with Crippen molar-refractivity contribution in [1.29, 1.82) is 0 Å². The number of hydrogen-bond acceptors (Lipinski definition) is 4. The molecule has 0 amide bonds. The first-order chi connectivity index (χ1) is 12.4. The van der Waals surface area contributed by atoms with E-state index in [9.17, 15) is 0 Å². The molecular formula is C20H17N5. The number of fused-ring (bicyclic) bond motifs is 1. The highest BCUT2D eigenvalue weighted by Crippen LogP contribution is 2.19. The molecule has 0 spiro atoms. The summed E-state index contributed by atoms with van der Waals surface area (Å²) in [6.45, 7) is 0.706. The van der Waals surface area contributed by atoms with E-state index < -0.39 is 0 Å². The lowest BCUT2D eigenvalue weighted by Gasteiger charge is -2.06. The molecule has 0 fully saturated rings. The van der Waals surface area contributed by atoms with Crippen LogP contribution in [0.1, 0.15) is 11.1 Å². The van der Waals surface area contributed by atoms with Gasteiger partial charge in [0.25, 0.3) is 0 Å². The van der Waals surface area contributed by atoms with E-state index >= 15 is 0 Å². The predicted molar refractivity (Wildman–Crippen MR) is 101 cm³/mol. The van der Waals surface area contributed by atoms with Crippen molar-refractivity contribution in [3.63, 3.8) is 0 Å². The molecule has 4 rings (SSSR count). The molecule has 0 atom stereocenters. The van der Waals surface area contributed by atoms with Crippen molar-refractivity contribution in [3.8, 4) is 0 Å². The van der Waals surface area contributed by atoms with Gasteiger partial charge < -0.3 is 5.32 Å². The highest BCUT2D eigenvalue weighted by molar-refractivity contribution is 5.87. The lowest BCUT2D eigenvalue weighted by Crippen LogP contribution is -2.02. The zero-order chi connectivity index (χ0) is 16.9. The number of benzene rings is 2. The van der Waals surface area contributed by atoms with Crippen LogP contribution in [0.25, 0.3) is 23.3 Å². The number of nitrogens with zero attached hydrogens (tertiary/aromatic N) is 4. The van der Waals surface area contributed by atoms with Crippen molar-refractivity contribution in [2.24, 2.45) is 0 Å². The molecule has 1 N–H and O–H groups in total. The highest BCUT2D eigenvalue weighted by Gasteiger charge is 2.08. The van der Waals surface area contributed by atoms with Crippen LogP contribution in [-0.2, 0) is 6.54 Å². The van der Waals surface area contributed by atoms with Crippen LogP contribution in [0, 0.1) is 0 Å². The van der Waals surface area contributed by atoms with Crippen LogP contribution in [0.15, 0.2) is 73.2 Å². The van der Waals surface area contributed by atoms with Gasteiger partial charge in [-0.2, -0.15) is 5.10 Å². The number of nitrogens with one attached hydrogen (secondary N) is 1. The summed E-state index contributed by atoms with van der Waals surface area (Å²) < 4.78 is 1.76. The Morgan fingerprint density at radius 1 is 0.920 bits per heavy atom. The SMILES string of the molecule is C(=C\n1ncc2c(NCc3ccccc3)ncnc21)/c1ccccc1. The van der Waals surface area contributed by atoms with Crippen molar-refractivity contribution in [3.05, 3.63) is 84.3 Å². The molecule has 5 nitrogen and oxygen atoms in total. The molecule has 0 aliphatic rings. The second-order valence-electron chi connectivity index (χ2n) is 5.61. The van der Waals surface area contributed by atoms with E-state index in [0.717, 1.165) is 22.4 Å². The normalized spacial score (nSPS) is 11.2. The van der Waals surface area contributed by atoms with E-state index in [-0.39, 0.29) is 0 Å². The second-order valence-corrected chi connectivity index (χ2v) is 5.61. The molecule has 0 saturated heterocycles. The third-order valence-electron chi connectivity index (χ3n) is 3.90. The Hall–Kier alpha value is -3.47. The summed E-state index contributed by atoms with van der Waals surface area (Å²) in [7, 11) is 0. The minimum atomic E-state index is 0.706. The Balaban J connectivity index is 1.58. The average Bonchev–Trinajstić information content (AvgIpc) is 3.10. The molecule has 0 aliphatic heterocycles. The molecule has 0 unspecified atom stereocenters. The van der Waals surface area contributed by atoms with E-state index in [2.05, 4.69) is 32.5 Å². The Labute approximate surface area is 145 Å². The first-order valence-corrected chi connectivity index (χ1v) is 8.09. The fourth-order valence-electron chi connectivity index (χ4n) is 2.61. The van der Waals surface area contributed by atoms with Gasteiger partial charge in [0.1, 0.15) is 12.1 Å². The van der Waals surface area contributed by atoms with Crippen LogP contribution in [0.4, 0.5) is 5.82 Å². The van der Waals surface area contributed by atoms with Crippen molar-refractivity contribution in [2.75, 3.05) is 5.32 Å². The fraction of sp³-hybridized carbons (Fsp3) is 0.0500. The highest BCUT2D eigenvalue weighted by atomic mass is 15.3. The molecule has 5 heteroatoms. The summed E-state index contributed by atoms with van der Waals surface area (Å²) in [6, 6.07) is 20.3. The minimum Gasteiger partial charge on any atom is -0.365 e. The van der Waals surface area contributed by atoms with E-state index in [0.29, 0.717) is 6.54 Å². The quantitative estimate of drug-likeness (QED) is 0.600. The van der Waals surface area contributed by atoms with Gasteiger partial charge in [-0.05, 0) is 17.2 Å². The summed E-state index contributed by atoms with van der Waals surface area (Å²) in [5.41, 5.74) is 3.09. The maximum Gasteiger partial charge on any atom is 0.167 e. The molecule has 2 aromatic carbocycles. The second kappa shape index (κ2) is 6.97. The van der Waals surface area contributed by atoms with Gasteiger partial charge in [-0.1, -0.05) is 60.7 Å². The molecule has 2 aromatic heterocycles. The molecular weight excluding hydrogens is 310 g/mol. The molecule has 0 bridgehead atoms. The molecule has 2 heterocycles. The van der Waals surface area contributed by atoms with E-state index in [1.54, 1.807) is 17.2 Å². The number of hydrogen-bond donors (Lipinski definition) is 1. The van der Waals surface area contributed by atoms with Crippen LogP contribution in [0.5, 0.6) is 0 Å². The Morgan fingerprint density at radius 2 is 1.68 bits per heavy atom. The number of aromatic nitrogens is 4. The van der Waals surface area contributed by atoms with Crippen LogP contribution in [0.3, 0.4) is 0 Å². The van der Waals surface area contributed by atoms with E-state index in [4.69, 9.17) is 0 Å². The molecule has 25 heavy (non-hydrogen) atoms. The summed E-state index contributed by atoms with van der Waals surface area (Å²) in [5, 5.41) is 8.68. The third kappa shape index (κ3) is 3.40. The maximum absolute atomic E-state index is 4.41. The Bertz CT molecular complexity index is 990. The van der Waals surface area contributed by atoms with Gasteiger partial charge in [-0.25, -0.2) is 14.6 Å². The Kier molecular flexibility index (Phi) is 4.20. The summed E-state index contributed by atoms with van der Waals surface area (Å²) >= 11 is 0. The minimum absolute atomic E-state index is 0.706. The van der Waals surface area contributed by atoms with Gasteiger partial charge >= 0.3 is 0 Å². The molecule has 122 valence electrons. The fourth-order valence-corrected chi connectivity index (χ4v) is 2.61. The first kappa shape index (κ1) is 15.1. The number of rotatable bonds is 5. The van der Waals surface area contributed by atoms with Crippen LogP contribution in [0.2, 0.25) is 0 Å². The molecule has 0 saturated carbocycles. The van der Waals surface area contributed by atoms with Gasteiger partial charge in [0, 0.05) is 12.7 Å². The monoisotopic (exact) mass is 327 g/mol. The smallest absolute Gasteiger partial charge is 0.167 e. The van der Waals surface area contributed by atoms with Crippen molar-refractivity contribution in [1.82, 2.24) is 19.7 Å². The van der Waals surface area contributed by atoms with Crippen LogP contribution >= 0.6 is 0 Å². The van der Waals surface area contributed by atoms with Crippen LogP contribution < -0.4 is 5.32 Å². The molecule has 0 radical (unpaired) electrons. The van der Waals surface area contributed by atoms with E-state index in [1.807, 2.05) is 60.8 Å². The number of anilines is 1. The van der Waals surface area contributed by atoms with Gasteiger partial charge in [-0.3, -0.25) is 0 Å². The Morgan fingerprint density at radius 3 is 2.48 bits per heavy atom. The zero-order valence-electron chi connectivity index (χ0n) is 13.6. The standard InChI is InChI=1S/C20H17N5/c1-3-7-16(8-4-1)11-12-25-20-18(14-24-25)19(22-15-23-20)21-13-17-9-5-2-6-10-17/h1-12,14-15H,13H2,(H,21,22,23)/b12-11+. The lowest BCUT2D eigenvalue weighted by atomic mass is 10.2. The van der Waals surface area contributed by atoms with Gasteiger partial charge in [-0.15, -0.1) is 0 Å². The summed E-state index contributed by atoms with van der Waals surface area (Å²) in [4.78, 5) is 8.72. The molecule has 0 aliphatic carbocycles. The first-order valence-electron chi connectivity index (χ1n) is 8.09. The summed E-state index contributed by atoms with van der Waals surface area (Å²) in [5.74, 6) is 0.785. The average molecular weight is 327 g/mol. The zero-order valence-corrected chi connectivity index (χ0v) is 13.6. The summed E-state index contributed by atoms with van der Waals surface area (Å²) in [6.07, 6.45) is 7.26. The lowest BCUT2D eigenvalue weighted by molar-refractivity contribution is 0.949. The molecule has 4 aromatic rings.